The lowest BCUT2D eigenvalue weighted by molar-refractivity contribution is 0.0977. The molecule has 2 aromatic carbocycles. The predicted octanol–water partition coefficient (Wildman–Crippen LogP) is 6.52. The zero-order chi connectivity index (χ0) is 18.7. The van der Waals surface area contributed by atoms with E-state index in [0.717, 1.165) is 26.9 Å². The largest absolute Gasteiger partial charge is 0.294 e. The van der Waals surface area contributed by atoms with E-state index in [2.05, 4.69) is 33.0 Å². The van der Waals surface area contributed by atoms with Crippen molar-refractivity contribution in [1.29, 1.82) is 0 Å². The van der Waals surface area contributed by atoms with Crippen molar-refractivity contribution in [2.75, 3.05) is 0 Å². The summed E-state index contributed by atoms with van der Waals surface area (Å²) in [5.74, 6) is 0.0825. The Kier molecular flexibility index (Phi) is 5.90. The zero-order valence-corrected chi connectivity index (χ0v) is 17.0. The van der Waals surface area contributed by atoms with Crippen LogP contribution in [0.2, 0.25) is 5.02 Å². The predicted molar refractivity (Wildman–Crippen MR) is 110 cm³/mol. The van der Waals surface area contributed by atoms with E-state index in [1.807, 2.05) is 50.2 Å². The van der Waals surface area contributed by atoms with Gasteiger partial charge in [0.05, 0.1) is 0 Å². The number of carbonyl (C=O) groups excluding carboxylic acids is 1. The van der Waals surface area contributed by atoms with Crippen LogP contribution in [0.3, 0.4) is 0 Å². The maximum Gasteiger partial charge on any atom is 0.163 e. The lowest BCUT2D eigenvalue weighted by Crippen LogP contribution is -2.11. The highest BCUT2D eigenvalue weighted by Crippen LogP contribution is 2.33. The van der Waals surface area contributed by atoms with Crippen LogP contribution in [-0.4, -0.2) is 10.8 Å². The fourth-order valence-corrected chi connectivity index (χ4v) is 3.65. The molecule has 2 nitrogen and oxygen atoms in total. The van der Waals surface area contributed by atoms with Crippen molar-refractivity contribution in [2.24, 2.45) is 0 Å². The van der Waals surface area contributed by atoms with Crippen molar-refractivity contribution < 1.29 is 4.79 Å². The molecule has 0 spiro atoms. The van der Waals surface area contributed by atoms with E-state index in [1.165, 1.54) is 0 Å². The summed E-state index contributed by atoms with van der Waals surface area (Å²) >= 11 is 9.61. The molecule has 4 heteroatoms. The van der Waals surface area contributed by atoms with Gasteiger partial charge in [0.15, 0.2) is 5.78 Å². The molecule has 0 bridgehead atoms. The SMILES string of the molecule is Cc1cc(C(=O)C[C@@H](c2ccc(Br)cc2)c2ccc(Cl)cc2C)ccn1. The highest BCUT2D eigenvalue weighted by Gasteiger charge is 2.21. The third-order valence-electron chi connectivity index (χ3n) is 4.49. The lowest BCUT2D eigenvalue weighted by Gasteiger charge is -2.20. The summed E-state index contributed by atoms with van der Waals surface area (Å²) in [6.07, 6.45) is 2.08. The molecule has 0 radical (unpaired) electrons. The molecule has 0 aliphatic heterocycles. The molecule has 1 heterocycles. The topological polar surface area (TPSA) is 30.0 Å². The van der Waals surface area contributed by atoms with E-state index in [9.17, 15) is 4.79 Å². The summed E-state index contributed by atoms with van der Waals surface area (Å²) < 4.78 is 1.02. The van der Waals surface area contributed by atoms with Crippen molar-refractivity contribution in [3.8, 4) is 0 Å². The quantitative estimate of drug-likeness (QED) is 0.433. The second kappa shape index (κ2) is 8.15. The average molecular weight is 429 g/mol. The molecular formula is C22H19BrClNO. The Morgan fingerprint density at radius 3 is 2.46 bits per heavy atom. The first-order valence-corrected chi connectivity index (χ1v) is 9.58. The van der Waals surface area contributed by atoms with Crippen molar-refractivity contribution in [2.45, 2.75) is 26.2 Å². The molecule has 0 amide bonds. The molecule has 0 saturated heterocycles. The molecule has 3 aromatic rings. The van der Waals surface area contributed by atoms with Gasteiger partial charge in [0.1, 0.15) is 0 Å². The monoisotopic (exact) mass is 427 g/mol. The summed E-state index contributed by atoms with van der Waals surface area (Å²) in [7, 11) is 0. The van der Waals surface area contributed by atoms with Gasteiger partial charge in [0.25, 0.3) is 0 Å². The van der Waals surface area contributed by atoms with Gasteiger partial charge in [-0.2, -0.15) is 0 Å². The molecule has 0 fully saturated rings. The van der Waals surface area contributed by atoms with Gasteiger partial charge in [-0.3, -0.25) is 9.78 Å². The molecule has 132 valence electrons. The third kappa shape index (κ3) is 4.40. The molecule has 3 rings (SSSR count). The average Bonchev–Trinajstić information content (AvgIpc) is 2.61. The van der Waals surface area contributed by atoms with Crippen LogP contribution in [0.15, 0.2) is 65.3 Å². The Morgan fingerprint density at radius 2 is 1.81 bits per heavy atom. The van der Waals surface area contributed by atoms with Gasteiger partial charge in [0.2, 0.25) is 0 Å². The van der Waals surface area contributed by atoms with Crippen molar-refractivity contribution >= 4 is 33.3 Å². The van der Waals surface area contributed by atoms with E-state index in [-0.39, 0.29) is 11.7 Å². The molecular weight excluding hydrogens is 410 g/mol. The summed E-state index contributed by atoms with van der Waals surface area (Å²) in [6.45, 7) is 3.93. The van der Waals surface area contributed by atoms with Gasteiger partial charge in [0, 0.05) is 39.3 Å². The lowest BCUT2D eigenvalue weighted by atomic mass is 9.84. The van der Waals surface area contributed by atoms with E-state index in [0.29, 0.717) is 17.0 Å². The van der Waals surface area contributed by atoms with E-state index < -0.39 is 0 Å². The number of ketones is 1. The molecule has 26 heavy (non-hydrogen) atoms. The minimum atomic E-state index is -0.0265. The van der Waals surface area contributed by atoms with Gasteiger partial charge in [-0.1, -0.05) is 45.7 Å². The molecule has 0 aliphatic carbocycles. The molecule has 0 aliphatic rings. The summed E-state index contributed by atoms with van der Waals surface area (Å²) in [5, 5.41) is 0.705. The number of carbonyl (C=O) groups is 1. The third-order valence-corrected chi connectivity index (χ3v) is 5.25. The maximum atomic E-state index is 12.9. The van der Waals surface area contributed by atoms with Crippen LogP contribution in [0.5, 0.6) is 0 Å². The summed E-state index contributed by atoms with van der Waals surface area (Å²) in [5.41, 5.74) is 4.86. The Labute approximate surface area is 167 Å². The first-order chi connectivity index (χ1) is 12.4. The van der Waals surface area contributed by atoms with Crippen LogP contribution in [0.4, 0.5) is 0 Å². The first-order valence-electron chi connectivity index (χ1n) is 8.41. The number of aryl methyl sites for hydroxylation is 2. The van der Waals surface area contributed by atoms with Crippen LogP contribution < -0.4 is 0 Å². The van der Waals surface area contributed by atoms with E-state index in [4.69, 9.17) is 11.6 Å². The Bertz CT molecular complexity index is 937. The van der Waals surface area contributed by atoms with Crippen molar-refractivity contribution in [1.82, 2.24) is 4.98 Å². The van der Waals surface area contributed by atoms with Gasteiger partial charge < -0.3 is 0 Å². The van der Waals surface area contributed by atoms with Crippen molar-refractivity contribution in [3.63, 3.8) is 0 Å². The van der Waals surface area contributed by atoms with Crippen LogP contribution in [0.25, 0.3) is 0 Å². The number of halogens is 2. The minimum Gasteiger partial charge on any atom is -0.294 e. The second-order valence-electron chi connectivity index (χ2n) is 6.42. The van der Waals surface area contributed by atoms with Crippen LogP contribution in [0, 0.1) is 13.8 Å². The van der Waals surface area contributed by atoms with E-state index >= 15 is 0 Å². The number of rotatable bonds is 5. The number of nitrogens with zero attached hydrogens (tertiary/aromatic N) is 1. The summed E-state index contributed by atoms with van der Waals surface area (Å²) in [6, 6.07) is 17.6. The molecule has 1 atom stereocenters. The Hall–Kier alpha value is -1.97. The number of pyridine rings is 1. The van der Waals surface area contributed by atoms with Crippen LogP contribution in [-0.2, 0) is 0 Å². The first kappa shape index (κ1) is 18.8. The molecule has 0 unspecified atom stereocenters. The fraction of sp³-hybridized carbons (Fsp3) is 0.182. The molecule has 1 aromatic heterocycles. The maximum absolute atomic E-state index is 12.9. The smallest absolute Gasteiger partial charge is 0.163 e. The highest BCUT2D eigenvalue weighted by molar-refractivity contribution is 9.10. The number of benzene rings is 2. The van der Waals surface area contributed by atoms with Crippen LogP contribution in [0.1, 0.15) is 45.1 Å². The number of Topliss-reactive ketones (excluding diaryl/α,β-unsaturated/α-hetero) is 1. The molecule has 0 saturated carbocycles. The van der Waals surface area contributed by atoms with Gasteiger partial charge in [-0.05, 0) is 66.9 Å². The number of aromatic nitrogens is 1. The number of hydrogen-bond donors (Lipinski definition) is 0. The zero-order valence-electron chi connectivity index (χ0n) is 14.7. The Morgan fingerprint density at radius 1 is 1.08 bits per heavy atom. The van der Waals surface area contributed by atoms with Crippen molar-refractivity contribution in [3.05, 3.63) is 98.2 Å². The summed E-state index contributed by atoms with van der Waals surface area (Å²) in [4.78, 5) is 17.1. The normalized spacial score (nSPS) is 12.0. The van der Waals surface area contributed by atoms with Gasteiger partial charge >= 0.3 is 0 Å². The second-order valence-corrected chi connectivity index (χ2v) is 7.77. The highest BCUT2D eigenvalue weighted by atomic mass is 79.9. The Balaban J connectivity index is 2.00. The van der Waals surface area contributed by atoms with E-state index in [1.54, 1.807) is 12.3 Å². The minimum absolute atomic E-state index is 0.0265. The fourth-order valence-electron chi connectivity index (χ4n) is 3.15. The molecule has 0 N–H and O–H groups in total. The number of hydrogen-bond acceptors (Lipinski definition) is 2. The van der Waals surface area contributed by atoms with Gasteiger partial charge in [-0.25, -0.2) is 0 Å². The standard InChI is InChI=1S/C22H19BrClNO/c1-14-11-19(24)7-8-20(14)21(16-3-5-18(23)6-4-16)13-22(26)17-9-10-25-15(2)12-17/h3-12,21H,13H2,1-2H3/t21-/m0/s1. The van der Waals surface area contributed by atoms with Crippen LogP contribution >= 0.6 is 27.5 Å². The van der Waals surface area contributed by atoms with Gasteiger partial charge in [-0.15, -0.1) is 0 Å².